The highest BCUT2D eigenvalue weighted by molar-refractivity contribution is 6.46. The van der Waals surface area contributed by atoms with Gasteiger partial charge < -0.3 is 14.0 Å². The average Bonchev–Trinajstić information content (AvgIpc) is 3.25. The monoisotopic (exact) mass is 485 g/mol. The first kappa shape index (κ1) is 23.8. The summed E-state index contributed by atoms with van der Waals surface area (Å²) in [7, 11) is -0.233. The van der Waals surface area contributed by atoms with Crippen LogP contribution in [0.1, 0.15) is 70.4 Å². The number of piperidine rings is 1. The highest BCUT2D eigenvalue weighted by Crippen LogP contribution is 2.45. The number of benzene rings is 2. The molecule has 36 heavy (non-hydrogen) atoms. The van der Waals surface area contributed by atoms with Crippen LogP contribution in [0.4, 0.5) is 4.79 Å². The topological polar surface area (TPSA) is 48.0 Å². The molecule has 2 saturated heterocycles. The molecule has 0 radical (unpaired) electrons. The van der Waals surface area contributed by atoms with E-state index < -0.39 is 0 Å². The fraction of sp³-hybridized carbons (Fsp3) is 0.500. The summed E-state index contributed by atoms with van der Waals surface area (Å²) in [6, 6.07) is 17.2. The molecule has 2 unspecified atom stereocenters. The Bertz CT molecular complexity index is 1140. The number of carbonyl (C=O) groups is 1. The average molecular weight is 485 g/mol. The van der Waals surface area contributed by atoms with Crippen LogP contribution in [0, 0.1) is 0 Å². The number of hydrogen-bond donors (Lipinski definition) is 0. The van der Waals surface area contributed by atoms with Gasteiger partial charge in [-0.05, 0) is 75.6 Å². The SMILES string of the molecule is CC1(C)OB(CC2=CC3CCCC(C2)N3C(=O)OCC2c3ccccc3-c3ccccc32)OC1(C)C. The summed E-state index contributed by atoms with van der Waals surface area (Å²) in [5.74, 6) is 0.0838. The molecule has 1 amide bonds. The van der Waals surface area contributed by atoms with Gasteiger partial charge in [0.25, 0.3) is 0 Å². The van der Waals surface area contributed by atoms with Crippen molar-refractivity contribution >= 4 is 13.2 Å². The zero-order valence-electron chi connectivity index (χ0n) is 21.8. The Hall–Kier alpha value is -2.57. The van der Waals surface area contributed by atoms with Crippen LogP contribution in [-0.4, -0.2) is 48.0 Å². The molecule has 0 aromatic heterocycles. The van der Waals surface area contributed by atoms with E-state index in [1.165, 1.54) is 27.8 Å². The lowest BCUT2D eigenvalue weighted by molar-refractivity contribution is 0.00578. The molecule has 2 bridgehead atoms. The first-order valence-electron chi connectivity index (χ1n) is 13.4. The molecule has 1 aliphatic carbocycles. The molecule has 0 N–H and O–H groups in total. The van der Waals surface area contributed by atoms with Gasteiger partial charge in [-0.3, -0.25) is 4.90 Å². The molecule has 6 heteroatoms. The minimum Gasteiger partial charge on any atom is -0.448 e. The summed E-state index contributed by atoms with van der Waals surface area (Å²) in [6.07, 6.45) is 6.86. The molecule has 2 aromatic carbocycles. The maximum absolute atomic E-state index is 13.4. The second-order valence-electron chi connectivity index (χ2n) is 11.8. The molecule has 6 rings (SSSR count). The largest absolute Gasteiger partial charge is 0.462 e. The van der Waals surface area contributed by atoms with Crippen LogP contribution in [-0.2, 0) is 14.0 Å². The van der Waals surface area contributed by atoms with Crippen molar-refractivity contribution in [1.82, 2.24) is 4.90 Å². The third kappa shape index (κ3) is 3.99. The molecule has 3 heterocycles. The van der Waals surface area contributed by atoms with Crippen molar-refractivity contribution in [2.75, 3.05) is 6.61 Å². The number of hydrogen-bond acceptors (Lipinski definition) is 4. The quantitative estimate of drug-likeness (QED) is 0.363. The van der Waals surface area contributed by atoms with Gasteiger partial charge in [-0.15, -0.1) is 0 Å². The number of amides is 1. The lowest BCUT2D eigenvalue weighted by Gasteiger charge is -2.44. The zero-order valence-corrected chi connectivity index (χ0v) is 21.8. The molecule has 3 aliphatic heterocycles. The normalized spacial score (nSPS) is 25.8. The molecule has 2 aromatic rings. The Kier molecular flexibility index (Phi) is 5.80. The van der Waals surface area contributed by atoms with E-state index in [2.05, 4.69) is 82.3 Å². The van der Waals surface area contributed by atoms with Gasteiger partial charge >= 0.3 is 13.2 Å². The van der Waals surface area contributed by atoms with Crippen molar-refractivity contribution in [3.8, 4) is 11.1 Å². The van der Waals surface area contributed by atoms with Gasteiger partial charge in [0.05, 0.1) is 17.2 Å². The van der Waals surface area contributed by atoms with Crippen LogP contribution in [0.25, 0.3) is 11.1 Å². The van der Waals surface area contributed by atoms with Crippen LogP contribution >= 0.6 is 0 Å². The molecular formula is C30H36BNO4. The summed E-state index contributed by atoms with van der Waals surface area (Å²) >= 11 is 0. The predicted molar refractivity (Wildman–Crippen MR) is 142 cm³/mol. The summed E-state index contributed by atoms with van der Waals surface area (Å²) < 4.78 is 18.5. The van der Waals surface area contributed by atoms with E-state index in [1.54, 1.807) is 0 Å². The van der Waals surface area contributed by atoms with Gasteiger partial charge in [-0.1, -0.05) is 60.2 Å². The summed E-state index contributed by atoms with van der Waals surface area (Å²) in [5.41, 5.74) is 5.68. The number of nitrogens with zero attached hydrogens (tertiary/aromatic N) is 1. The second kappa shape index (κ2) is 8.78. The number of rotatable bonds is 4. The summed E-state index contributed by atoms with van der Waals surface area (Å²) in [6.45, 7) is 8.74. The third-order valence-corrected chi connectivity index (χ3v) is 8.99. The van der Waals surface area contributed by atoms with Gasteiger partial charge in [0.1, 0.15) is 6.61 Å². The van der Waals surface area contributed by atoms with Crippen molar-refractivity contribution < 1.29 is 18.8 Å². The predicted octanol–water partition coefficient (Wildman–Crippen LogP) is 6.58. The van der Waals surface area contributed by atoms with E-state index in [4.69, 9.17) is 14.0 Å². The van der Waals surface area contributed by atoms with Gasteiger partial charge in [0, 0.05) is 18.3 Å². The van der Waals surface area contributed by atoms with E-state index in [1.807, 2.05) is 4.90 Å². The number of ether oxygens (including phenoxy) is 1. The first-order chi connectivity index (χ1) is 17.2. The zero-order chi connectivity index (χ0) is 25.1. The Morgan fingerprint density at radius 3 is 2.19 bits per heavy atom. The maximum atomic E-state index is 13.4. The van der Waals surface area contributed by atoms with Gasteiger partial charge in [0.15, 0.2) is 0 Å². The molecule has 4 aliphatic rings. The molecule has 5 nitrogen and oxygen atoms in total. The molecule has 2 atom stereocenters. The second-order valence-corrected chi connectivity index (χ2v) is 11.8. The van der Waals surface area contributed by atoms with E-state index in [9.17, 15) is 4.79 Å². The van der Waals surface area contributed by atoms with Crippen LogP contribution in [0.3, 0.4) is 0 Å². The van der Waals surface area contributed by atoms with Crippen molar-refractivity contribution in [1.29, 1.82) is 0 Å². The van der Waals surface area contributed by atoms with Crippen molar-refractivity contribution in [2.24, 2.45) is 0 Å². The summed E-state index contributed by atoms with van der Waals surface area (Å²) in [5, 5.41) is 0. The van der Waals surface area contributed by atoms with E-state index in [0.717, 1.165) is 32.0 Å². The highest BCUT2D eigenvalue weighted by Gasteiger charge is 2.51. The maximum Gasteiger partial charge on any atom is 0.462 e. The fourth-order valence-corrected chi connectivity index (χ4v) is 6.49. The van der Waals surface area contributed by atoms with Crippen LogP contribution in [0.15, 0.2) is 60.2 Å². The summed E-state index contributed by atoms with van der Waals surface area (Å²) in [4.78, 5) is 15.4. The number of fused-ring (bicyclic) bond motifs is 5. The smallest absolute Gasteiger partial charge is 0.448 e. The van der Waals surface area contributed by atoms with Gasteiger partial charge in [-0.25, -0.2) is 4.79 Å². The van der Waals surface area contributed by atoms with Gasteiger partial charge in [-0.2, -0.15) is 0 Å². The minimum atomic E-state index is -0.323. The Morgan fingerprint density at radius 1 is 0.972 bits per heavy atom. The van der Waals surface area contributed by atoms with Crippen LogP contribution in [0.5, 0.6) is 0 Å². The van der Waals surface area contributed by atoms with Crippen molar-refractivity contribution in [3.63, 3.8) is 0 Å². The van der Waals surface area contributed by atoms with Gasteiger partial charge in [0.2, 0.25) is 0 Å². The third-order valence-electron chi connectivity index (χ3n) is 8.99. The molecule has 0 saturated carbocycles. The first-order valence-corrected chi connectivity index (χ1v) is 13.4. The molecule has 2 fully saturated rings. The van der Waals surface area contributed by atoms with E-state index in [0.29, 0.717) is 6.61 Å². The van der Waals surface area contributed by atoms with Crippen molar-refractivity contribution in [2.45, 2.75) is 88.9 Å². The highest BCUT2D eigenvalue weighted by atomic mass is 16.7. The number of carbonyl (C=O) groups excluding carboxylic acids is 1. The van der Waals surface area contributed by atoms with E-state index >= 15 is 0 Å². The lowest BCUT2D eigenvalue weighted by atomic mass is 9.74. The Labute approximate surface area is 214 Å². The fourth-order valence-electron chi connectivity index (χ4n) is 6.49. The van der Waals surface area contributed by atoms with Crippen LogP contribution < -0.4 is 0 Å². The molecule has 188 valence electrons. The Morgan fingerprint density at radius 2 is 1.58 bits per heavy atom. The molecule has 0 spiro atoms. The standard InChI is InChI=1S/C30H36BNO4/c1-29(2)30(3,4)36-31(35-29)18-20-16-21-10-9-11-22(17-20)32(21)28(33)34-19-27-25-14-7-5-12-23(25)24-13-6-8-15-26(24)27/h5-8,12-16,21-22,27H,9-11,17-19H2,1-4H3. The van der Waals surface area contributed by atoms with Crippen LogP contribution in [0.2, 0.25) is 6.32 Å². The minimum absolute atomic E-state index is 0.0838. The molecular weight excluding hydrogens is 449 g/mol. The van der Waals surface area contributed by atoms with Crippen molar-refractivity contribution in [3.05, 3.63) is 71.3 Å². The Balaban J connectivity index is 1.15. The lowest BCUT2D eigenvalue weighted by Crippen LogP contribution is -2.52. The van der Waals surface area contributed by atoms with E-state index in [-0.39, 0.29) is 42.4 Å².